The molecule has 0 aromatic heterocycles. The minimum Gasteiger partial charge on any atom is -0.496 e. The monoisotopic (exact) mass is 190 g/mol. The van der Waals surface area contributed by atoms with Crippen LogP contribution in [-0.2, 0) is 0 Å². The first-order valence-electron chi connectivity index (χ1n) is 3.99. The predicted molar refractivity (Wildman–Crippen MR) is 51.0 cm³/mol. The summed E-state index contributed by atoms with van der Waals surface area (Å²) in [7, 11) is 1.51. The summed E-state index contributed by atoms with van der Waals surface area (Å²) < 4.78 is 5.02. The number of nitrogens with two attached hydrogens (primary N) is 1. The zero-order chi connectivity index (χ0) is 10.7. The van der Waals surface area contributed by atoms with Crippen LogP contribution in [0.3, 0.4) is 0 Å². The summed E-state index contributed by atoms with van der Waals surface area (Å²) in [5, 5.41) is 8.85. The number of methoxy groups -OCH3 is 1. The molecule has 72 valence electrons. The molecule has 0 aliphatic rings. The maximum atomic E-state index is 11.0. The molecule has 0 bridgehead atoms. The Hall–Kier alpha value is -2.02. The van der Waals surface area contributed by atoms with Gasteiger partial charge in [0.25, 0.3) is 0 Å². The SMILES string of the molecule is COc1ccc(C(N)=O)c(C#N)c1C. The highest BCUT2D eigenvalue weighted by atomic mass is 16.5. The number of nitrogens with zero attached hydrogens (tertiary/aromatic N) is 1. The number of ether oxygens (including phenoxy) is 1. The third-order valence-corrected chi connectivity index (χ3v) is 2.01. The molecule has 0 saturated heterocycles. The van der Waals surface area contributed by atoms with Crippen molar-refractivity contribution in [3.8, 4) is 11.8 Å². The van der Waals surface area contributed by atoms with Gasteiger partial charge in [-0.15, -0.1) is 0 Å². The Labute approximate surface area is 81.9 Å². The molecule has 1 aromatic carbocycles. The van der Waals surface area contributed by atoms with Crippen LogP contribution in [-0.4, -0.2) is 13.0 Å². The molecule has 0 fully saturated rings. The number of rotatable bonds is 2. The number of hydrogen-bond donors (Lipinski definition) is 1. The molecule has 14 heavy (non-hydrogen) atoms. The van der Waals surface area contributed by atoms with Crippen molar-refractivity contribution in [1.82, 2.24) is 0 Å². The molecule has 0 aliphatic heterocycles. The number of nitriles is 1. The molecule has 4 heteroatoms. The van der Waals surface area contributed by atoms with E-state index in [2.05, 4.69) is 0 Å². The third kappa shape index (κ3) is 1.52. The Morgan fingerprint density at radius 1 is 1.57 bits per heavy atom. The van der Waals surface area contributed by atoms with Crippen molar-refractivity contribution < 1.29 is 9.53 Å². The smallest absolute Gasteiger partial charge is 0.250 e. The van der Waals surface area contributed by atoms with Gasteiger partial charge in [0.1, 0.15) is 11.8 Å². The van der Waals surface area contributed by atoms with Crippen molar-refractivity contribution in [3.05, 3.63) is 28.8 Å². The Bertz CT molecular complexity index is 419. The lowest BCUT2D eigenvalue weighted by Gasteiger charge is -2.08. The summed E-state index contributed by atoms with van der Waals surface area (Å²) in [5.41, 5.74) is 6.25. The average molecular weight is 190 g/mol. The standard InChI is InChI=1S/C10H10N2O2/c1-6-8(5-11)7(10(12)13)3-4-9(6)14-2/h3-4H,1-2H3,(H2,12,13). The van der Waals surface area contributed by atoms with Gasteiger partial charge in [0.05, 0.1) is 18.2 Å². The summed E-state index contributed by atoms with van der Waals surface area (Å²) in [6.07, 6.45) is 0. The molecule has 1 aromatic rings. The van der Waals surface area contributed by atoms with E-state index in [1.807, 2.05) is 6.07 Å². The summed E-state index contributed by atoms with van der Waals surface area (Å²) in [6, 6.07) is 5.05. The molecule has 0 radical (unpaired) electrons. The van der Waals surface area contributed by atoms with Crippen molar-refractivity contribution in [3.63, 3.8) is 0 Å². The Kier molecular flexibility index (Phi) is 2.73. The highest BCUT2D eigenvalue weighted by Crippen LogP contribution is 2.23. The fourth-order valence-electron chi connectivity index (χ4n) is 1.26. The minimum absolute atomic E-state index is 0.228. The fraction of sp³-hybridized carbons (Fsp3) is 0.200. The van der Waals surface area contributed by atoms with E-state index in [1.165, 1.54) is 13.2 Å². The van der Waals surface area contributed by atoms with Crippen LogP contribution in [0.25, 0.3) is 0 Å². The van der Waals surface area contributed by atoms with Crippen LogP contribution >= 0.6 is 0 Å². The number of benzene rings is 1. The molecule has 4 nitrogen and oxygen atoms in total. The number of carbonyl (C=O) groups is 1. The van der Waals surface area contributed by atoms with E-state index >= 15 is 0 Å². The first kappa shape index (κ1) is 10.1. The van der Waals surface area contributed by atoms with Crippen LogP contribution in [0.1, 0.15) is 21.5 Å². The van der Waals surface area contributed by atoms with E-state index in [0.717, 1.165) is 0 Å². The van der Waals surface area contributed by atoms with E-state index in [4.69, 9.17) is 15.7 Å². The van der Waals surface area contributed by atoms with Gasteiger partial charge in [-0.25, -0.2) is 0 Å². The summed E-state index contributed by atoms with van der Waals surface area (Å²) >= 11 is 0. The lowest BCUT2D eigenvalue weighted by molar-refractivity contribution is 0.1000. The maximum absolute atomic E-state index is 11.0. The number of primary amides is 1. The van der Waals surface area contributed by atoms with E-state index in [9.17, 15) is 4.79 Å². The second kappa shape index (κ2) is 3.79. The van der Waals surface area contributed by atoms with Crippen molar-refractivity contribution >= 4 is 5.91 Å². The molecule has 2 N–H and O–H groups in total. The van der Waals surface area contributed by atoms with Gasteiger partial charge >= 0.3 is 0 Å². The second-order valence-corrected chi connectivity index (χ2v) is 2.79. The summed E-state index contributed by atoms with van der Waals surface area (Å²) in [5.74, 6) is -0.0288. The molecule has 0 unspecified atom stereocenters. The molecular weight excluding hydrogens is 180 g/mol. The molecular formula is C10H10N2O2. The normalized spacial score (nSPS) is 9.21. The van der Waals surface area contributed by atoms with Crippen molar-refractivity contribution in [1.29, 1.82) is 5.26 Å². The van der Waals surface area contributed by atoms with Crippen LogP contribution in [0.2, 0.25) is 0 Å². The highest BCUT2D eigenvalue weighted by Gasteiger charge is 2.13. The summed E-state index contributed by atoms with van der Waals surface area (Å²) in [4.78, 5) is 11.0. The quantitative estimate of drug-likeness (QED) is 0.755. The first-order valence-corrected chi connectivity index (χ1v) is 3.99. The van der Waals surface area contributed by atoms with Gasteiger partial charge in [-0.3, -0.25) is 4.79 Å². The molecule has 0 spiro atoms. The van der Waals surface area contributed by atoms with Crippen molar-refractivity contribution in [2.75, 3.05) is 7.11 Å². The maximum Gasteiger partial charge on any atom is 0.250 e. The van der Waals surface area contributed by atoms with Crippen molar-refractivity contribution in [2.24, 2.45) is 5.73 Å². The van der Waals surface area contributed by atoms with Gasteiger partial charge in [-0.05, 0) is 19.1 Å². The molecule has 1 rings (SSSR count). The number of hydrogen-bond acceptors (Lipinski definition) is 3. The molecule has 0 saturated carbocycles. The predicted octanol–water partition coefficient (Wildman–Crippen LogP) is 0.974. The fourth-order valence-corrected chi connectivity index (χ4v) is 1.26. The largest absolute Gasteiger partial charge is 0.496 e. The third-order valence-electron chi connectivity index (χ3n) is 2.01. The van der Waals surface area contributed by atoms with Crippen LogP contribution in [0.4, 0.5) is 0 Å². The minimum atomic E-state index is -0.604. The molecule has 0 heterocycles. The van der Waals surface area contributed by atoms with Crippen LogP contribution in [0.15, 0.2) is 12.1 Å². The topological polar surface area (TPSA) is 76.1 Å². The highest BCUT2D eigenvalue weighted by molar-refractivity contribution is 5.96. The van der Waals surface area contributed by atoms with Crippen LogP contribution in [0, 0.1) is 18.3 Å². The van der Waals surface area contributed by atoms with Gasteiger partial charge in [0.2, 0.25) is 5.91 Å². The average Bonchev–Trinajstić information content (AvgIpc) is 2.17. The Morgan fingerprint density at radius 2 is 2.21 bits per heavy atom. The van der Waals surface area contributed by atoms with E-state index in [1.54, 1.807) is 13.0 Å². The Balaban J connectivity index is 3.45. The van der Waals surface area contributed by atoms with Crippen LogP contribution in [0.5, 0.6) is 5.75 Å². The van der Waals surface area contributed by atoms with Crippen molar-refractivity contribution in [2.45, 2.75) is 6.92 Å². The van der Waals surface area contributed by atoms with E-state index < -0.39 is 5.91 Å². The van der Waals surface area contributed by atoms with E-state index in [0.29, 0.717) is 11.3 Å². The van der Waals surface area contributed by atoms with Gasteiger partial charge in [-0.1, -0.05) is 0 Å². The Morgan fingerprint density at radius 3 is 2.64 bits per heavy atom. The molecule has 0 aliphatic carbocycles. The number of carbonyl (C=O) groups excluding carboxylic acids is 1. The zero-order valence-electron chi connectivity index (χ0n) is 8.00. The lowest BCUT2D eigenvalue weighted by Crippen LogP contribution is -2.13. The number of amides is 1. The zero-order valence-corrected chi connectivity index (χ0v) is 8.00. The molecule has 0 atom stereocenters. The first-order chi connectivity index (χ1) is 6.61. The molecule has 1 amide bonds. The van der Waals surface area contributed by atoms with Gasteiger partial charge in [0.15, 0.2) is 0 Å². The van der Waals surface area contributed by atoms with Gasteiger partial charge in [0, 0.05) is 5.56 Å². The van der Waals surface area contributed by atoms with Gasteiger partial charge in [-0.2, -0.15) is 5.26 Å². The van der Waals surface area contributed by atoms with Gasteiger partial charge < -0.3 is 10.5 Å². The van der Waals surface area contributed by atoms with Crippen LogP contribution < -0.4 is 10.5 Å². The van der Waals surface area contributed by atoms with E-state index in [-0.39, 0.29) is 11.1 Å². The summed E-state index contributed by atoms with van der Waals surface area (Å²) in [6.45, 7) is 1.71. The lowest BCUT2D eigenvalue weighted by atomic mass is 10.0. The second-order valence-electron chi connectivity index (χ2n) is 2.79.